The molecule has 0 aliphatic heterocycles. The summed E-state index contributed by atoms with van der Waals surface area (Å²) in [6.45, 7) is 7.26. The summed E-state index contributed by atoms with van der Waals surface area (Å²) in [5.41, 5.74) is 5.35. The molecule has 4 aromatic rings. The standard InChI is InChI=1S/C22H22N4O2S/c1-4-25-19-10-9-18(12-20(19)29-22(25)28)23-21(27)17-7-5-16(6-8-17)13-26-15(3)11-14(2)24-26/h5-12H,4,13H2,1-3H3,(H,23,27). The number of carbonyl (C=O) groups is 1. The van der Waals surface area contributed by atoms with E-state index in [1.807, 2.05) is 74.0 Å². The van der Waals surface area contributed by atoms with Crippen LogP contribution in [0.3, 0.4) is 0 Å². The van der Waals surface area contributed by atoms with Gasteiger partial charge in [0, 0.05) is 23.5 Å². The largest absolute Gasteiger partial charge is 0.322 e. The Hall–Kier alpha value is -3.19. The van der Waals surface area contributed by atoms with Crippen molar-refractivity contribution in [2.45, 2.75) is 33.9 Å². The maximum absolute atomic E-state index is 12.6. The number of aromatic nitrogens is 3. The van der Waals surface area contributed by atoms with E-state index in [4.69, 9.17) is 0 Å². The third kappa shape index (κ3) is 3.86. The molecule has 1 amide bonds. The quantitative estimate of drug-likeness (QED) is 0.540. The number of carbonyl (C=O) groups excluding carboxylic acids is 1. The predicted octanol–water partition coefficient (Wildman–Crippen LogP) is 4.20. The molecule has 0 saturated heterocycles. The number of nitrogens with zero attached hydrogens (tertiary/aromatic N) is 3. The molecule has 2 aromatic carbocycles. The first-order chi connectivity index (χ1) is 13.9. The molecule has 0 atom stereocenters. The fourth-order valence-electron chi connectivity index (χ4n) is 3.42. The minimum atomic E-state index is -0.177. The van der Waals surface area contributed by atoms with Gasteiger partial charge in [0.25, 0.3) is 5.91 Å². The van der Waals surface area contributed by atoms with Crippen molar-refractivity contribution in [1.82, 2.24) is 14.3 Å². The maximum Gasteiger partial charge on any atom is 0.308 e. The molecule has 0 radical (unpaired) electrons. The number of fused-ring (bicyclic) bond motifs is 1. The van der Waals surface area contributed by atoms with Crippen molar-refractivity contribution in [3.63, 3.8) is 0 Å². The summed E-state index contributed by atoms with van der Waals surface area (Å²) in [5, 5.41) is 7.39. The SMILES string of the molecule is CCn1c(=O)sc2cc(NC(=O)c3ccc(Cn4nc(C)cc4C)cc3)ccc21. The number of aryl methyl sites for hydroxylation is 3. The molecule has 1 N–H and O–H groups in total. The molecule has 6 nitrogen and oxygen atoms in total. The number of hydrogen-bond acceptors (Lipinski definition) is 4. The summed E-state index contributed by atoms with van der Waals surface area (Å²) >= 11 is 1.19. The van der Waals surface area contributed by atoms with Crippen LogP contribution in [0.5, 0.6) is 0 Å². The molecule has 0 bridgehead atoms. The Balaban J connectivity index is 1.49. The summed E-state index contributed by atoms with van der Waals surface area (Å²) in [5.74, 6) is -0.177. The third-order valence-corrected chi connectivity index (χ3v) is 5.84. The van der Waals surface area contributed by atoms with Gasteiger partial charge in [-0.05, 0) is 62.7 Å². The van der Waals surface area contributed by atoms with Gasteiger partial charge in [0.15, 0.2) is 0 Å². The van der Waals surface area contributed by atoms with Crippen molar-refractivity contribution in [1.29, 1.82) is 0 Å². The Morgan fingerprint density at radius 3 is 2.52 bits per heavy atom. The Morgan fingerprint density at radius 1 is 1.10 bits per heavy atom. The van der Waals surface area contributed by atoms with Gasteiger partial charge in [-0.15, -0.1) is 0 Å². The van der Waals surface area contributed by atoms with Gasteiger partial charge in [0.05, 0.1) is 22.5 Å². The fraction of sp³-hybridized carbons (Fsp3) is 0.227. The fourth-order valence-corrected chi connectivity index (χ4v) is 4.41. The lowest BCUT2D eigenvalue weighted by Crippen LogP contribution is -2.12. The molecule has 2 heterocycles. The third-order valence-electron chi connectivity index (χ3n) is 4.89. The van der Waals surface area contributed by atoms with E-state index in [1.54, 1.807) is 4.57 Å². The van der Waals surface area contributed by atoms with Gasteiger partial charge in [-0.3, -0.25) is 18.8 Å². The molecular weight excluding hydrogens is 384 g/mol. The highest BCUT2D eigenvalue weighted by molar-refractivity contribution is 7.16. The van der Waals surface area contributed by atoms with Crippen LogP contribution in [0.25, 0.3) is 10.2 Å². The van der Waals surface area contributed by atoms with Crippen molar-refractivity contribution >= 4 is 33.1 Å². The van der Waals surface area contributed by atoms with Crippen LogP contribution in [0.2, 0.25) is 0 Å². The number of amides is 1. The van der Waals surface area contributed by atoms with Crippen molar-refractivity contribution in [2.75, 3.05) is 5.32 Å². The highest BCUT2D eigenvalue weighted by Gasteiger charge is 2.10. The minimum absolute atomic E-state index is 0.0178. The Labute approximate surface area is 172 Å². The van der Waals surface area contributed by atoms with Crippen LogP contribution in [0, 0.1) is 13.8 Å². The summed E-state index contributed by atoms with van der Waals surface area (Å²) in [7, 11) is 0. The van der Waals surface area contributed by atoms with E-state index in [0.29, 0.717) is 24.3 Å². The first-order valence-corrected chi connectivity index (χ1v) is 10.3. The lowest BCUT2D eigenvalue weighted by molar-refractivity contribution is 0.102. The topological polar surface area (TPSA) is 68.9 Å². The second-order valence-electron chi connectivity index (χ2n) is 7.03. The zero-order valence-corrected chi connectivity index (χ0v) is 17.4. The molecule has 7 heteroatoms. The molecule has 4 rings (SSSR count). The average molecular weight is 407 g/mol. The molecule has 0 unspecified atom stereocenters. The zero-order chi connectivity index (χ0) is 20.5. The normalized spacial score (nSPS) is 11.1. The summed E-state index contributed by atoms with van der Waals surface area (Å²) < 4.78 is 4.55. The summed E-state index contributed by atoms with van der Waals surface area (Å²) in [6, 6.07) is 15.1. The van der Waals surface area contributed by atoms with Crippen molar-refractivity contribution in [3.05, 3.63) is 80.7 Å². The second-order valence-corrected chi connectivity index (χ2v) is 8.02. The van der Waals surface area contributed by atoms with E-state index in [2.05, 4.69) is 10.4 Å². The molecule has 0 spiro atoms. The van der Waals surface area contributed by atoms with E-state index in [9.17, 15) is 9.59 Å². The highest BCUT2D eigenvalue weighted by atomic mass is 32.1. The number of thiazole rings is 1. The number of anilines is 1. The monoisotopic (exact) mass is 406 g/mol. The molecule has 148 valence electrons. The molecule has 2 aromatic heterocycles. The van der Waals surface area contributed by atoms with Gasteiger partial charge >= 0.3 is 4.87 Å². The smallest absolute Gasteiger partial charge is 0.308 e. The number of rotatable bonds is 5. The van der Waals surface area contributed by atoms with Crippen LogP contribution >= 0.6 is 11.3 Å². The van der Waals surface area contributed by atoms with Crippen molar-refractivity contribution < 1.29 is 4.79 Å². The van der Waals surface area contributed by atoms with Crippen LogP contribution in [-0.2, 0) is 13.1 Å². The number of benzene rings is 2. The average Bonchev–Trinajstić information content (AvgIpc) is 3.18. The minimum Gasteiger partial charge on any atom is -0.322 e. The van der Waals surface area contributed by atoms with E-state index in [0.717, 1.165) is 27.2 Å². The van der Waals surface area contributed by atoms with Crippen LogP contribution in [0.1, 0.15) is 34.2 Å². The van der Waals surface area contributed by atoms with Gasteiger partial charge in [0.1, 0.15) is 0 Å². The summed E-state index contributed by atoms with van der Waals surface area (Å²) in [6.07, 6.45) is 0. The Morgan fingerprint density at radius 2 is 1.86 bits per heavy atom. The lowest BCUT2D eigenvalue weighted by Gasteiger charge is -2.08. The van der Waals surface area contributed by atoms with Gasteiger partial charge in [-0.2, -0.15) is 5.10 Å². The first-order valence-electron chi connectivity index (χ1n) is 9.49. The molecule has 0 saturated carbocycles. The van der Waals surface area contributed by atoms with E-state index >= 15 is 0 Å². The Kier molecular flexibility index (Phi) is 5.07. The Bertz CT molecular complexity index is 1250. The van der Waals surface area contributed by atoms with Gasteiger partial charge < -0.3 is 5.32 Å². The molecule has 0 aliphatic carbocycles. The molecule has 0 aliphatic rings. The predicted molar refractivity (Wildman–Crippen MR) is 117 cm³/mol. The zero-order valence-electron chi connectivity index (χ0n) is 16.6. The maximum atomic E-state index is 12.6. The number of hydrogen-bond donors (Lipinski definition) is 1. The molecular formula is C22H22N4O2S. The molecule has 0 fully saturated rings. The van der Waals surface area contributed by atoms with Crippen molar-refractivity contribution in [2.24, 2.45) is 0 Å². The van der Waals surface area contributed by atoms with Crippen LogP contribution in [0.15, 0.2) is 53.3 Å². The molecule has 29 heavy (non-hydrogen) atoms. The van der Waals surface area contributed by atoms with Gasteiger partial charge in [-0.1, -0.05) is 23.5 Å². The van der Waals surface area contributed by atoms with Gasteiger partial charge in [0.2, 0.25) is 0 Å². The highest BCUT2D eigenvalue weighted by Crippen LogP contribution is 2.22. The first kappa shape index (κ1) is 19.1. The lowest BCUT2D eigenvalue weighted by atomic mass is 10.1. The second kappa shape index (κ2) is 7.67. The van der Waals surface area contributed by atoms with Crippen LogP contribution in [0.4, 0.5) is 5.69 Å². The van der Waals surface area contributed by atoms with E-state index in [-0.39, 0.29) is 10.8 Å². The van der Waals surface area contributed by atoms with Crippen LogP contribution in [-0.4, -0.2) is 20.3 Å². The van der Waals surface area contributed by atoms with Gasteiger partial charge in [-0.25, -0.2) is 0 Å². The van der Waals surface area contributed by atoms with E-state index in [1.165, 1.54) is 11.3 Å². The van der Waals surface area contributed by atoms with E-state index < -0.39 is 0 Å². The summed E-state index contributed by atoms with van der Waals surface area (Å²) in [4.78, 5) is 24.6. The number of nitrogens with one attached hydrogen (secondary N) is 1. The van der Waals surface area contributed by atoms with Crippen molar-refractivity contribution in [3.8, 4) is 0 Å². The van der Waals surface area contributed by atoms with Crippen LogP contribution < -0.4 is 10.2 Å².